The fraction of sp³-hybridized carbons (Fsp3) is 0.214. The number of nitrogens with zero attached hydrogens (tertiary/aromatic N) is 7. The Morgan fingerprint density at radius 3 is 3.00 bits per heavy atom. The lowest BCUT2D eigenvalue weighted by molar-refractivity contribution is 0.626. The largest absolute Gasteiger partial charge is 0.352 e. The molecule has 0 aliphatic carbocycles. The average Bonchev–Trinajstić information content (AvgIpc) is 3.12. The van der Waals surface area contributed by atoms with E-state index in [2.05, 4.69) is 30.6 Å². The number of aromatic nitrogens is 7. The van der Waals surface area contributed by atoms with Gasteiger partial charge in [-0.3, -0.25) is 0 Å². The van der Waals surface area contributed by atoms with Crippen molar-refractivity contribution in [3.63, 3.8) is 0 Å². The zero-order valence-electron chi connectivity index (χ0n) is 12.0. The summed E-state index contributed by atoms with van der Waals surface area (Å²) in [6, 6.07) is 7.89. The molecule has 0 atom stereocenters. The molecular weight excluding hydrogens is 280 g/mol. The quantitative estimate of drug-likeness (QED) is 0.609. The summed E-state index contributed by atoms with van der Waals surface area (Å²) in [7, 11) is 1.92. The molecule has 4 rings (SSSR count). The first-order valence-electron chi connectivity index (χ1n) is 6.97. The number of fused-ring (bicyclic) bond motifs is 2. The summed E-state index contributed by atoms with van der Waals surface area (Å²) in [5.74, 6) is 0.565. The van der Waals surface area contributed by atoms with Gasteiger partial charge in [-0.05, 0) is 12.1 Å². The van der Waals surface area contributed by atoms with E-state index in [1.807, 2.05) is 40.6 Å². The maximum Gasteiger partial charge on any atom is 0.224 e. The van der Waals surface area contributed by atoms with Gasteiger partial charge in [-0.1, -0.05) is 17.3 Å². The highest BCUT2D eigenvalue weighted by Crippen LogP contribution is 2.11. The number of aryl methyl sites for hydroxylation is 1. The predicted molar refractivity (Wildman–Crippen MR) is 82.3 cm³/mol. The molecular formula is C14H14N8. The molecule has 3 aromatic heterocycles. The van der Waals surface area contributed by atoms with Gasteiger partial charge in [0, 0.05) is 13.6 Å². The molecule has 0 fully saturated rings. The van der Waals surface area contributed by atoms with E-state index >= 15 is 0 Å². The van der Waals surface area contributed by atoms with Crippen LogP contribution in [0.5, 0.6) is 0 Å². The molecule has 8 nitrogen and oxygen atoms in total. The topological polar surface area (TPSA) is 86.3 Å². The lowest BCUT2D eigenvalue weighted by Crippen LogP contribution is -2.13. The Balaban J connectivity index is 1.47. The monoisotopic (exact) mass is 294 g/mol. The van der Waals surface area contributed by atoms with Crippen LogP contribution in [0.2, 0.25) is 0 Å². The fourth-order valence-corrected chi connectivity index (χ4v) is 2.36. The minimum absolute atomic E-state index is 0.565. The number of imidazole rings is 1. The van der Waals surface area contributed by atoms with Crippen molar-refractivity contribution in [3.05, 3.63) is 36.8 Å². The van der Waals surface area contributed by atoms with Crippen LogP contribution in [0.15, 0.2) is 36.8 Å². The van der Waals surface area contributed by atoms with Crippen molar-refractivity contribution in [2.24, 2.45) is 7.05 Å². The standard InChI is InChI=1S/C14H14N8/c1-21-9-17-13-12(21)8-16-14(18-13)15-6-7-22-11-5-3-2-4-10(11)19-20-22/h2-5,8-9H,6-7H2,1H3,(H,15,16,18). The second-order valence-corrected chi connectivity index (χ2v) is 4.99. The summed E-state index contributed by atoms with van der Waals surface area (Å²) in [5.41, 5.74) is 3.51. The van der Waals surface area contributed by atoms with Crippen LogP contribution in [0.25, 0.3) is 22.2 Å². The van der Waals surface area contributed by atoms with E-state index < -0.39 is 0 Å². The Bertz CT molecular complexity index is 938. The smallest absolute Gasteiger partial charge is 0.224 e. The highest BCUT2D eigenvalue weighted by molar-refractivity contribution is 5.73. The summed E-state index contributed by atoms with van der Waals surface area (Å²) in [5, 5.41) is 11.5. The number of hydrogen-bond donors (Lipinski definition) is 1. The molecule has 8 heteroatoms. The molecule has 22 heavy (non-hydrogen) atoms. The highest BCUT2D eigenvalue weighted by atomic mass is 15.4. The molecule has 0 bridgehead atoms. The Labute approximate surface area is 125 Å². The average molecular weight is 294 g/mol. The molecule has 1 N–H and O–H groups in total. The Morgan fingerprint density at radius 2 is 2.05 bits per heavy atom. The molecule has 3 heterocycles. The summed E-state index contributed by atoms with van der Waals surface area (Å²) in [6.07, 6.45) is 3.49. The molecule has 0 radical (unpaired) electrons. The summed E-state index contributed by atoms with van der Waals surface area (Å²) in [6.45, 7) is 1.34. The van der Waals surface area contributed by atoms with E-state index in [1.165, 1.54) is 0 Å². The second-order valence-electron chi connectivity index (χ2n) is 4.99. The van der Waals surface area contributed by atoms with E-state index in [4.69, 9.17) is 0 Å². The van der Waals surface area contributed by atoms with Crippen molar-refractivity contribution in [2.45, 2.75) is 6.54 Å². The molecule has 0 spiro atoms. The molecule has 0 saturated heterocycles. The summed E-state index contributed by atoms with van der Waals surface area (Å²) >= 11 is 0. The third kappa shape index (κ3) is 2.14. The zero-order valence-corrected chi connectivity index (χ0v) is 12.0. The van der Waals surface area contributed by atoms with Crippen LogP contribution in [-0.2, 0) is 13.6 Å². The Morgan fingerprint density at radius 1 is 1.14 bits per heavy atom. The Kier molecular flexibility index (Phi) is 2.92. The normalized spacial score (nSPS) is 11.3. The third-order valence-electron chi connectivity index (χ3n) is 3.51. The predicted octanol–water partition coefficient (Wildman–Crippen LogP) is 1.22. The number of nitrogens with one attached hydrogen (secondary N) is 1. The maximum atomic E-state index is 4.38. The van der Waals surface area contributed by atoms with Crippen LogP contribution < -0.4 is 5.32 Å². The van der Waals surface area contributed by atoms with Crippen molar-refractivity contribution in [2.75, 3.05) is 11.9 Å². The molecule has 0 aliphatic rings. The number of benzene rings is 1. The molecule has 4 aromatic rings. The van der Waals surface area contributed by atoms with E-state index in [0.717, 1.165) is 16.6 Å². The van der Waals surface area contributed by atoms with E-state index in [0.29, 0.717) is 24.7 Å². The molecule has 0 amide bonds. The van der Waals surface area contributed by atoms with Gasteiger partial charge in [0.25, 0.3) is 0 Å². The fourth-order valence-electron chi connectivity index (χ4n) is 2.36. The van der Waals surface area contributed by atoms with Crippen LogP contribution in [-0.4, -0.2) is 41.1 Å². The molecule has 0 aliphatic heterocycles. The Hall–Kier alpha value is -3.03. The van der Waals surface area contributed by atoms with Gasteiger partial charge in [-0.25, -0.2) is 14.6 Å². The number of rotatable bonds is 4. The van der Waals surface area contributed by atoms with Crippen molar-refractivity contribution in [1.82, 2.24) is 34.5 Å². The second kappa shape index (κ2) is 5.06. The number of hydrogen-bond acceptors (Lipinski definition) is 6. The first-order valence-corrected chi connectivity index (χ1v) is 6.97. The number of para-hydroxylation sites is 1. The maximum absolute atomic E-state index is 4.38. The van der Waals surface area contributed by atoms with E-state index in [-0.39, 0.29) is 0 Å². The lowest BCUT2D eigenvalue weighted by Gasteiger charge is -2.05. The molecule has 0 saturated carbocycles. The summed E-state index contributed by atoms with van der Waals surface area (Å²) < 4.78 is 3.75. The van der Waals surface area contributed by atoms with E-state index in [1.54, 1.807) is 12.5 Å². The van der Waals surface area contributed by atoms with Crippen LogP contribution in [0.3, 0.4) is 0 Å². The highest BCUT2D eigenvalue weighted by Gasteiger charge is 2.05. The SMILES string of the molecule is Cn1cnc2nc(NCCn3nnc4ccccc43)ncc21. The van der Waals surface area contributed by atoms with Gasteiger partial charge >= 0.3 is 0 Å². The summed E-state index contributed by atoms with van der Waals surface area (Å²) in [4.78, 5) is 12.9. The van der Waals surface area contributed by atoms with Crippen molar-refractivity contribution >= 4 is 28.1 Å². The van der Waals surface area contributed by atoms with Gasteiger partial charge in [0.05, 0.1) is 24.6 Å². The molecule has 1 aromatic carbocycles. The first-order chi connectivity index (χ1) is 10.8. The van der Waals surface area contributed by atoms with Gasteiger partial charge in [0.15, 0.2) is 5.65 Å². The zero-order chi connectivity index (χ0) is 14.9. The minimum atomic E-state index is 0.565. The van der Waals surface area contributed by atoms with Crippen LogP contribution in [0, 0.1) is 0 Å². The van der Waals surface area contributed by atoms with Crippen molar-refractivity contribution in [3.8, 4) is 0 Å². The number of anilines is 1. The van der Waals surface area contributed by atoms with Gasteiger partial charge in [0.1, 0.15) is 11.0 Å². The van der Waals surface area contributed by atoms with Gasteiger partial charge in [0.2, 0.25) is 5.95 Å². The molecule has 110 valence electrons. The van der Waals surface area contributed by atoms with Gasteiger partial charge in [-0.15, -0.1) is 5.10 Å². The van der Waals surface area contributed by atoms with Crippen LogP contribution in [0.1, 0.15) is 0 Å². The first kappa shape index (κ1) is 12.7. The lowest BCUT2D eigenvalue weighted by atomic mass is 10.3. The van der Waals surface area contributed by atoms with E-state index in [9.17, 15) is 0 Å². The van der Waals surface area contributed by atoms with Crippen LogP contribution >= 0.6 is 0 Å². The van der Waals surface area contributed by atoms with Gasteiger partial charge in [-0.2, -0.15) is 4.98 Å². The third-order valence-corrected chi connectivity index (χ3v) is 3.51. The molecule has 0 unspecified atom stereocenters. The minimum Gasteiger partial charge on any atom is -0.352 e. The van der Waals surface area contributed by atoms with Crippen LogP contribution in [0.4, 0.5) is 5.95 Å². The van der Waals surface area contributed by atoms with Crippen molar-refractivity contribution < 1.29 is 0 Å². The van der Waals surface area contributed by atoms with Crippen molar-refractivity contribution in [1.29, 1.82) is 0 Å². The van der Waals surface area contributed by atoms with Gasteiger partial charge < -0.3 is 9.88 Å².